The van der Waals surface area contributed by atoms with Crippen molar-refractivity contribution in [2.75, 3.05) is 24.9 Å². The van der Waals surface area contributed by atoms with Crippen LogP contribution >= 0.6 is 0 Å². The van der Waals surface area contributed by atoms with E-state index in [-0.39, 0.29) is 5.69 Å². The Hall–Kier alpha value is -3.94. The fourth-order valence-electron chi connectivity index (χ4n) is 2.57. The highest BCUT2D eigenvalue weighted by atomic mass is 16.5. The second-order valence-electron chi connectivity index (χ2n) is 6.14. The number of nitrogens with zero attached hydrogens (tertiary/aromatic N) is 2. The third kappa shape index (κ3) is 4.86. The summed E-state index contributed by atoms with van der Waals surface area (Å²) < 4.78 is 9.97. The molecule has 0 aliphatic rings. The molecule has 2 aromatic carbocycles. The van der Waals surface area contributed by atoms with Gasteiger partial charge in [0.05, 0.1) is 37.9 Å². The minimum absolute atomic E-state index is 0.156. The number of esters is 1. The molecule has 1 heterocycles. The minimum atomic E-state index is -0.443. The summed E-state index contributed by atoms with van der Waals surface area (Å²) in [7, 11) is 2.90. The molecule has 3 aromatic rings. The van der Waals surface area contributed by atoms with Gasteiger partial charge < -0.3 is 20.1 Å². The topological polar surface area (TPSA) is 102 Å². The summed E-state index contributed by atoms with van der Waals surface area (Å²) in [6, 6.07) is 12.1. The highest BCUT2D eigenvalue weighted by Gasteiger charge is 2.11. The van der Waals surface area contributed by atoms with Gasteiger partial charge in [0.1, 0.15) is 17.3 Å². The predicted octanol–water partition coefficient (Wildman–Crippen LogP) is 3.58. The van der Waals surface area contributed by atoms with Gasteiger partial charge in [0, 0.05) is 5.69 Å². The molecular formula is C21H20N4O4. The lowest BCUT2D eigenvalue weighted by Gasteiger charge is -2.11. The van der Waals surface area contributed by atoms with E-state index in [2.05, 4.69) is 25.3 Å². The average Bonchev–Trinajstić information content (AvgIpc) is 2.74. The van der Waals surface area contributed by atoms with Gasteiger partial charge in [-0.1, -0.05) is 6.07 Å². The normalized spacial score (nSPS) is 10.2. The van der Waals surface area contributed by atoms with E-state index in [1.54, 1.807) is 31.4 Å². The number of amides is 1. The van der Waals surface area contributed by atoms with Crippen LogP contribution in [0.1, 0.15) is 26.4 Å². The predicted molar refractivity (Wildman–Crippen MR) is 109 cm³/mol. The van der Waals surface area contributed by atoms with E-state index >= 15 is 0 Å². The molecule has 8 nitrogen and oxygen atoms in total. The monoisotopic (exact) mass is 392 g/mol. The molecule has 1 amide bonds. The lowest BCUT2D eigenvalue weighted by Crippen LogP contribution is -2.14. The first-order chi connectivity index (χ1) is 14.0. The van der Waals surface area contributed by atoms with Crippen molar-refractivity contribution in [1.82, 2.24) is 9.97 Å². The Labute approximate surface area is 167 Å². The van der Waals surface area contributed by atoms with Crippen molar-refractivity contribution in [1.29, 1.82) is 0 Å². The maximum absolute atomic E-state index is 12.4. The number of nitrogens with one attached hydrogen (secondary N) is 2. The van der Waals surface area contributed by atoms with Gasteiger partial charge in [0.2, 0.25) is 0 Å². The van der Waals surface area contributed by atoms with E-state index in [4.69, 9.17) is 4.74 Å². The van der Waals surface area contributed by atoms with Crippen LogP contribution in [0, 0.1) is 6.92 Å². The second-order valence-corrected chi connectivity index (χ2v) is 6.14. The Morgan fingerprint density at radius 2 is 1.72 bits per heavy atom. The van der Waals surface area contributed by atoms with Crippen LogP contribution < -0.4 is 15.4 Å². The molecule has 0 radical (unpaired) electrons. The number of hydrogen-bond donors (Lipinski definition) is 2. The highest BCUT2D eigenvalue weighted by molar-refractivity contribution is 6.03. The first kappa shape index (κ1) is 19.8. The van der Waals surface area contributed by atoms with Gasteiger partial charge in [0.25, 0.3) is 5.91 Å². The van der Waals surface area contributed by atoms with Gasteiger partial charge >= 0.3 is 5.97 Å². The molecule has 0 aliphatic heterocycles. The maximum atomic E-state index is 12.4. The molecule has 0 atom stereocenters. The van der Waals surface area contributed by atoms with E-state index < -0.39 is 11.9 Å². The summed E-state index contributed by atoms with van der Waals surface area (Å²) in [4.78, 5) is 32.2. The maximum Gasteiger partial charge on any atom is 0.337 e. The van der Waals surface area contributed by atoms with Crippen LogP contribution in [0.4, 0.5) is 17.2 Å². The van der Waals surface area contributed by atoms with Crippen LogP contribution in [0.25, 0.3) is 0 Å². The number of rotatable bonds is 6. The summed E-state index contributed by atoms with van der Waals surface area (Å²) in [6.45, 7) is 1.97. The molecule has 148 valence electrons. The molecule has 0 fully saturated rings. The van der Waals surface area contributed by atoms with Crippen LogP contribution in [0.3, 0.4) is 0 Å². The Morgan fingerprint density at radius 1 is 0.966 bits per heavy atom. The number of benzene rings is 2. The van der Waals surface area contributed by atoms with Crippen LogP contribution in [-0.2, 0) is 4.74 Å². The summed E-state index contributed by atoms with van der Waals surface area (Å²) in [5, 5.41) is 5.83. The summed E-state index contributed by atoms with van der Waals surface area (Å²) in [6.07, 6.45) is 2.85. The molecule has 3 rings (SSSR count). The SMILES string of the molecule is COC(=O)c1ccc(NC(=O)c2cnc(Nc3cc(C)ccc3OC)cn2)cc1. The molecule has 0 saturated heterocycles. The Morgan fingerprint density at radius 3 is 2.34 bits per heavy atom. The van der Waals surface area contributed by atoms with Gasteiger partial charge in [0.15, 0.2) is 0 Å². The molecular weight excluding hydrogens is 372 g/mol. The third-order valence-corrected chi connectivity index (χ3v) is 4.07. The first-order valence-corrected chi connectivity index (χ1v) is 8.73. The number of methoxy groups -OCH3 is 2. The van der Waals surface area contributed by atoms with E-state index in [0.29, 0.717) is 22.8 Å². The summed E-state index contributed by atoms with van der Waals surface area (Å²) >= 11 is 0. The Bertz CT molecular complexity index is 1020. The molecule has 8 heteroatoms. The molecule has 0 aliphatic carbocycles. The largest absolute Gasteiger partial charge is 0.495 e. The zero-order valence-corrected chi connectivity index (χ0v) is 16.2. The van der Waals surface area contributed by atoms with E-state index in [1.807, 2.05) is 25.1 Å². The average molecular weight is 392 g/mol. The molecule has 0 saturated carbocycles. The zero-order chi connectivity index (χ0) is 20.8. The van der Waals surface area contributed by atoms with Crippen molar-refractivity contribution in [3.63, 3.8) is 0 Å². The number of anilines is 3. The Kier molecular flexibility index (Phi) is 6.03. The van der Waals surface area contributed by atoms with Crippen molar-refractivity contribution in [3.05, 3.63) is 71.7 Å². The van der Waals surface area contributed by atoms with Crippen molar-refractivity contribution >= 4 is 29.1 Å². The minimum Gasteiger partial charge on any atom is -0.495 e. The fourth-order valence-corrected chi connectivity index (χ4v) is 2.57. The van der Waals surface area contributed by atoms with Crippen LogP contribution in [0.5, 0.6) is 5.75 Å². The molecule has 0 spiro atoms. The Balaban J connectivity index is 1.67. The fraction of sp³-hybridized carbons (Fsp3) is 0.143. The van der Waals surface area contributed by atoms with Gasteiger partial charge in [-0.15, -0.1) is 0 Å². The lowest BCUT2D eigenvalue weighted by atomic mass is 10.2. The van der Waals surface area contributed by atoms with Crippen molar-refractivity contribution < 1.29 is 19.1 Å². The van der Waals surface area contributed by atoms with E-state index in [9.17, 15) is 9.59 Å². The molecule has 2 N–H and O–H groups in total. The van der Waals surface area contributed by atoms with Gasteiger partial charge in [-0.3, -0.25) is 4.79 Å². The number of aryl methyl sites for hydroxylation is 1. The van der Waals surface area contributed by atoms with Crippen molar-refractivity contribution in [2.45, 2.75) is 6.92 Å². The second kappa shape index (κ2) is 8.83. The quantitative estimate of drug-likeness (QED) is 0.618. The van der Waals surface area contributed by atoms with Gasteiger partial charge in [-0.25, -0.2) is 14.8 Å². The van der Waals surface area contributed by atoms with Crippen LogP contribution in [0.15, 0.2) is 54.9 Å². The summed E-state index contributed by atoms with van der Waals surface area (Å²) in [5.74, 6) is 0.299. The number of carbonyl (C=O) groups excluding carboxylic acids is 2. The van der Waals surface area contributed by atoms with Gasteiger partial charge in [-0.05, 0) is 48.9 Å². The van der Waals surface area contributed by atoms with E-state index in [1.165, 1.54) is 19.5 Å². The first-order valence-electron chi connectivity index (χ1n) is 8.73. The highest BCUT2D eigenvalue weighted by Crippen LogP contribution is 2.27. The van der Waals surface area contributed by atoms with Crippen LogP contribution in [0.2, 0.25) is 0 Å². The molecule has 0 unspecified atom stereocenters. The molecule has 0 bridgehead atoms. The van der Waals surface area contributed by atoms with Crippen molar-refractivity contribution in [3.8, 4) is 5.75 Å². The molecule has 29 heavy (non-hydrogen) atoms. The van der Waals surface area contributed by atoms with E-state index in [0.717, 1.165) is 11.3 Å². The molecule has 1 aromatic heterocycles. The number of carbonyl (C=O) groups is 2. The number of aromatic nitrogens is 2. The standard InChI is InChI=1S/C21H20N4O4/c1-13-4-9-18(28-2)16(10-13)25-19-12-22-17(11-23-19)20(26)24-15-7-5-14(6-8-15)21(27)29-3/h4-12H,1-3H3,(H,23,25)(H,24,26). The van der Waals surface area contributed by atoms with Crippen molar-refractivity contribution in [2.24, 2.45) is 0 Å². The lowest BCUT2D eigenvalue weighted by molar-refractivity contribution is 0.0600. The zero-order valence-electron chi connectivity index (χ0n) is 16.2. The number of ether oxygens (including phenoxy) is 2. The van der Waals surface area contributed by atoms with Crippen LogP contribution in [-0.4, -0.2) is 36.1 Å². The number of hydrogen-bond acceptors (Lipinski definition) is 7. The summed E-state index contributed by atoms with van der Waals surface area (Å²) in [5.41, 5.74) is 2.90. The third-order valence-electron chi connectivity index (χ3n) is 4.07. The smallest absolute Gasteiger partial charge is 0.337 e. The van der Waals surface area contributed by atoms with Gasteiger partial charge in [-0.2, -0.15) is 0 Å².